The molecule has 16 heavy (non-hydrogen) atoms. The highest BCUT2D eigenvalue weighted by atomic mass is 79.9. The third-order valence-corrected chi connectivity index (χ3v) is 3.24. The highest BCUT2D eigenvalue weighted by Gasteiger charge is 1.94. The lowest BCUT2D eigenvalue weighted by Gasteiger charge is -2.07. The Morgan fingerprint density at radius 1 is 1.38 bits per heavy atom. The predicted molar refractivity (Wildman–Crippen MR) is 75.5 cm³/mol. The van der Waals surface area contributed by atoms with Crippen molar-refractivity contribution in [3.63, 3.8) is 0 Å². The second kappa shape index (κ2) is 8.90. The van der Waals surface area contributed by atoms with E-state index in [4.69, 9.17) is 4.74 Å². The van der Waals surface area contributed by atoms with Crippen molar-refractivity contribution in [2.24, 2.45) is 0 Å². The van der Waals surface area contributed by atoms with Crippen molar-refractivity contribution in [2.75, 3.05) is 31.7 Å². The topological polar surface area (TPSA) is 21.3 Å². The van der Waals surface area contributed by atoms with Crippen molar-refractivity contribution < 1.29 is 4.74 Å². The summed E-state index contributed by atoms with van der Waals surface area (Å²) in [6.45, 7) is 2.69. The van der Waals surface area contributed by atoms with Crippen LogP contribution in [0, 0.1) is 0 Å². The van der Waals surface area contributed by atoms with Crippen molar-refractivity contribution in [2.45, 2.75) is 6.42 Å². The van der Waals surface area contributed by atoms with Gasteiger partial charge in [-0.15, -0.1) is 0 Å². The van der Waals surface area contributed by atoms with Gasteiger partial charge in [-0.25, -0.2) is 0 Å². The lowest BCUT2D eigenvalue weighted by Crippen LogP contribution is -2.22. The van der Waals surface area contributed by atoms with Gasteiger partial charge in [-0.1, -0.05) is 22.0 Å². The number of ether oxygens (including phenoxy) is 1. The molecule has 0 atom stereocenters. The van der Waals surface area contributed by atoms with Gasteiger partial charge in [-0.2, -0.15) is 11.8 Å². The molecule has 0 saturated carbocycles. The highest BCUT2D eigenvalue weighted by molar-refractivity contribution is 9.10. The summed E-state index contributed by atoms with van der Waals surface area (Å²) in [4.78, 5) is 0. The van der Waals surface area contributed by atoms with Crippen LogP contribution in [-0.4, -0.2) is 31.7 Å². The van der Waals surface area contributed by atoms with E-state index in [1.807, 2.05) is 36.0 Å². The second-order valence-corrected chi connectivity index (χ2v) is 5.30. The SMILES string of the molecule is CSCCCNCCOc1cccc(Br)c1. The van der Waals surface area contributed by atoms with Gasteiger partial charge < -0.3 is 10.1 Å². The number of nitrogens with one attached hydrogen (secondary N) is 1. The summed E-state index contributed by atoms with van der Waals surface area (Å²) in [5.74, 6) is 2.14. The van der Waals surface area contributed by atoms with E-state index >= 15 is 0 Å². The lowest BCUT2D eigenvalue weighted by molar-refractivity contribution is 0.314. The first-order chi connectivity index (χ1) is 7.83. The first-order valence-electron chi connectivity index (χ1n) is 5.41. The molecule has 1 aromatic rings. The van der Waals surface area contributed by atoms with Crippen LogP contribution in [-0.2, 0) is 0 Å². The number of hydrogen-bond acceptors (Lipinski definition) is 3. The van der Waals surface area contributed by atoms with E-state index in [-0.39, 0.29) is 0 Å². The van der Waals surface area contributed by atoms with Gasteiger partial charge >= 0.3 is 0 Å². The minimum atomic E-state index is 0.718. The Morgan fingerprint density at radius 3 is 3.00 bits per heavy atom. The third kappa shape index (κ3) is 6.40. The summed E-state index contributed by atoms with van der Waals surface area (Å²) in [5, 5.41) is 3.36. The second-order valence-electron chi connectivity index (χ2n) is 3.40. The summed E-state index contributed by atoms with van der Waals surface area (Å²) >= 11 is 5.30. The average Bonchev–Trinajstić information content (AvgIpc) is 2.28. The summed E-state index contributed by atoms with van der Waals surface area (Å²) < 4.78 is 6.65. The quantitative estimate of drug-likeness (QED) is 0.745. The van der Waals surface area contributed by atoms with Gasteiger partial charge in [0.2, 0.25) is 0 Å². The van der Waals surface area contributed by atoms with E-state index in [2.05, 4.69) is 27.5 Å². The molecule has 0 bridgehead atoms. The average molecular weight is 304 g/mol. The Hall–Kier alpha value is -0.190. The Labute approximate surface area is 110 Å². The molecular weight excluding hydrogens is 286 g/mol. The van der Waals surface area contributed by atoms with E-state index in [0.29, 0.717) is 0 Å². The number of thioether (sulfide) groups is 1. The zero-order valence-electron chi connectivity index (χ0n) is 9.54. The molecule has 1 N–H and O–H groups in total. The molecule has 0 unspecified atom stereocenters. The molecule has 0 aliphatic heterocycles. The molecule has 0 saturated heterocycles. The first kappa shape index (κ1) is 13.9. The third-order valence-electron chi connectivity index (χ3n) is 2.05. The van der Waals surface area contributed by atoms with Crippen LogP contribution in [0.2, 0.25) is 0 Å². The minimum absolute atomic E-state index is 0.718. The van der Waals surface area contributed by atoms with Crippen LogP contribution in [0.3, 0.4) is 0 Å². The molecule has 0 aliphatic carbocycles. The fourth-order valence-electron chi connectivity index (χ4n) is 1.26. The van der Waals surface area contributed by atoms with Gasteiger partial charge in [0, 0.05) is 11.0 Å². The van der Waals surface area contributed by atoms with Gasteiger partial charge in [0.05, 0.1) is 0 Å². The number of rotatable bonds is 8. The van der Waals surface area contributed by atoms with Gasteiger partial charge in [-0.3, -0.25) is 0 Å². The van der Waals surface area contributed by atoms with E-state index < -0.39 is 0 Å². The van der Waals surface area contributed by atoms with Gasteiger partial charge in [-0.05, 0) is 43.2 Å². The fourth-order valence-corrected chi connectivity index (χ4v) is 2.08. The summed E-state index contributed by atoms with van der Waals surface area (Å²) in [5.41, 5.74) is 0. The molecule has 0 aromatic heterocycles. The van der Waals surface area contributed by atoms with Crippen LogP contribution in [0.1, 0.15) is 6.42 Å². The van der Waals surface area contributed by atoms with Crippen LogP contribution in [0.25, 0.3) is 0 Å². The minimum Gasteiger partial charge on any atom is -0.492 e. The first-order valence-corrected chi connectivity index (χ1v) is 7.59. The Kier molecular flexibility index (Phi) is 7.72. The number of hydrogen-bond donors (Lipinski definition) is 1. The standard InChI is InChI=1S/C12H18BrNOS/c1-16-9-3-6-14-7-8-15-12-5-2-4-11(13)10-12/h2,4-5,10,14H,3,6-9H2,1H3. The molecule has 2 nitrogen and oxygen atoms in total. The summed E-state index contributed by atoms with van der Waals surface area (Å²) in [7, 11) is 0. The maximum absolute atomic E-state index is 5.60. The van der Waals surface area contributed by atoms with Crippen molar-refractivity contribution in [1.29, 1.82) is 0 Å². The van der Waals surface area contributed by atoms with Gasteiger partial charge in [0.15, 0.2) is 0 Å². The molecule has 0 aliphatic rings. The van der Waals surface area contributed by atoms with E-state index in [9.17, 15) is 0 Å². The number of benzene rings is 1. The van der Waals surface area contributed by atoms with Gasteiger partial charge in [0.1, 0.15) is 12.4 Å². The maximum atomic E-state index is 5.60. The zero-order valence-corrected chi connectivity index (χ0v) is 11.9. The van der Waals surface area contributed by atoms with Crippen molar-refractivity contribution in [3.8, 4) is 5.75 Å². The van der Waals surface area contributed by atoms with Crippen LogP contribution >= 0.6 is 27.7 Å². The largest absolute Gasteiger partial charge is 0.492 e. The van der Waals surface area contributed by atoms with Crippen LogP contribution in [0.15, 0.2) is 28.7 Å². The van der Waals surface area contributed by atoms with Gasteiger partial charge in [0.25, 0.3) is 0 Å². The molecule has 0 heterocycles. The Bertz CT molecular complexity index is 296. The highest BCUT2D eigenvalue weighted by Crippen LogP contribution is 2.17. The van der Waals surface area contributed by atoms with Crippen LogP contribution in [0.4, 0.5) is 0 Å². The fraction of sp³-hybridized carbons (Fsp3) is 0.500. The molecule has 1 aromatic carbocycles. The lowest BCUT2D eigenvalue weighted by atomic mass is 10.3. The summed E-state index contributed by atoms with van der Waals surface area (Å²) in [6.07, 6.45) is 3.36. The van der Waals surface area contributed by atoms with Crippen molar-refractivity contribution in [3.05, 3.63) is 28.7 Å². The smallest absolute Gasteiger partial charge is 0.120 e. The van der Waals surface area contributed by atoms with E-state index in [1.165, 1.54) is 12.2 Å². The normalized spacial score (nSPS) is 10.4. The van der Waals surface area contributed by atoms with Crippen molar-refractivity contribution in [1.82, 2.24) is 5.32 Å². The predicted octanol–water partition coefficient (Wildman–Crippen LogP) is 3.17. The van der Waals surface area contributed by atoms with E-state index in [1.54, 1.807) is 0 Å². The molecule has 0 amide bonds. The van der Waals surface area contributed by atoms with E-state index in [0.717, 1.165) is 29.9 Å². The molecular formula is C12H18BrNOS. The Morgan fingerprint density at radius 2 is 2.25 bits per heavy atom. The molecule has 0 spiro atoms. The van der Waals surface area contributed by atoms with Crippen LogP contribution in [0.5, 0.6) is 5.75 Å². The Balaban J connectivity index is 2.03. The number of halogens is 1. The molecule has 90 valence electrons. The van der Waals surface area contributed by atoms with Crippen molar-refractivity contribution >= 4 is 27.7 Å². The maximum Gasteiger partial charge on any atom is 0.120 e. The summed E-state index contributed by atoms with van der Waals surface area (Å²) in [6, 6.07) is 7.92. The molecule has 0 fully saturated rings. The monoisotopic (exact) mass is 303 g/mol. The molecule has 1 rings (SSSR count). The van der Waals surface area contributed by atoms with Crippen LogP contribution < -0.4 is 10.1 Å². The molecule has 0 radical (unpaired) electrons. The zero-order chi connectivity index (χ0) is 11.6. The molecule has 4 heteroatoms.